The molecule has 0 aliphatic heterocycles. The van der Waals surface area contributed by atoms with Crippen molar-refractivity contribution in [2.75, 3.05) is 7.05 Å². The molecule has 1 aliphatic carbocycles. The Morgan fingerprint density at radius 3 is 2.56 bits per heavy atom. The normalized spacial score (nSPS) is 24.5. The van der Waals surface area contributed by atoms with Crippen LogP contribution in [0.2, 0.25) is 5.02 Å². The summed E-state index contributed by atoms with van der Waals surface area (Å²) in [5.41, 5.74) is 1.22. The van der Waals surface area contributed by atoms with E-state index in [4.69, 9.17) is 11.6 Å². The second-order valence-electron chi connectivity index (χ2n) is 5.56. The molecule has 3 heteroatoms. The highest BCUT2D eigenvalue weighted by Crippen LogP contribution is 2.28. The van der Waals surface area contributed by atoms with E-state index in [1.807, 2.05) is 6.07 Å². The van der Waals surface area contributed by atoms with Crippen LogP contribution in [0.5, 0.6) is 0 Å². The minimum Gasteiger partial charge on any atom is -0.299 e. The fourth-order valence-electron chi connectivity index (χ4n) is 2.73. The molecule has 1 aromatic rings. The van der Waals surface area contributed by atoms with Gasteiger partial charge in [-0.1, -0.05) is 40.5 Å². The fourth-order valence-corrected chi connectivity index (χ4v) is 3.46. The van der Waals surface area contributed by atoms with Crippen LogP contribution in [0.3, 0.4) is 0 Å². The molecular weight excluding hydrogens is 310 g/mol. The molecular formula is C15H21BrClN. The van der Waals surface area contributed by atoms with Crippen LogP contribution in [-0.2, 0) is 6.54 Å². The van der Waals surface area contributed by atoms with E-state index in [0.717, 1.165) is 28.0 Å². The van der Waals surface area contributed by atoms with Gasteiger partial charge in [-0.15, -0.1) is 0 Å². The first-order valence-electron chi connectivity index (χ1n) is 6.70. The van der Waals surface area contributed by atoms with Crippen LogP contribution in [0.25, 0.3) is 0 Å². The Bertz CT molecular complexity index is 399. The fraction of sp³-hybridized carbons (Fsp3) is 0.600. The molecule has 0 unspecified atom stereocenters. The van der Waals surface area contributed by atoms with E-state index in [0.29, 0.717) is 0 Å². The number of halogens is 2. The van der Waals surface area contributed by atoms with Gasteiger partial charge in [0.1, 0.15) is 0 Å². The Labute approximate surface area is 124 Å². The summed E-state index contributed by atoms with van der Waals surface area (Å²) in [6, 6.07) is 6.89. The van der Waals surface area contributed by atoms with E-state index < -0.39 is 0 Å². The summed E-state index contributed by atoms with van der Waals surface area (Å²) in [7, 11) is 2.22. The molecule has 0 atom stereocenters. The monoisotopic (exact) mass is 329 g/mol. The van der Waals surface area contributed by atoms with Crippen molar-refractivity contribution in [1.29, 1.82) is 0 Å². The third-order valence-corrected chi connectivity index (χ3v) is 4.89. The van der Waals surface area contributed by atoms with Crippen LogP contribution in [0.1, 0.15) is 38.2 Å². The van der Waals surface area contributed by atoms with Gasteiger partial charge < -0.3 is 0 Å². The number of benzene rings is 1. The summed E-state index contributed by atoms with van der Waals surface area (Å²) >= 11 is 9.73. The molecule has 0 N–H and O–H groups in total. The van der Waals surface area contributed by atoms with E-state index in [9.17, 15) is 0 Å². The number of hydrogen-bond acceptors (Lipinski definition) is 1. The van der Waals surface area contributed by atoms with Crippen molar-refractivity contribution in [2.24, 2.45) is 5.92 Å². The SMILES string of the molecule is CC1CCC(N(C)Cc2ccc(Br)cc2Cl)CC1. The van der Waals surface area contributed by atoms with Crippen molar-refractivity contribution in [3.63, 3.8) is 0 Å². The standard InChI is InChI=1S/C15H21BrClN/c1-11-3-7-14(8-4-11)18(2)10-12-5-6-13(16)9-15(12)17/h5-6,9,11,14H,3-4,7-8,10H2,1-2H3. The summed E-state index contributed by atoms with van der Waals surface area (Å²) in [5.74, 6) is 0.908. The maximum absolute atomic E-state index is 6.28. The van der Waals surface area contributed by atoms with Gasteiger partial charge in [-0.2, -0.15) is 0 Å². The van der Waals surface area contributed by atoms with Crippen molar-refractivity contribution in [2.45, 2.75) is 45.2 Å². The molecule has 0 aromatic heterocycles. The maximum atomic E-state index is 6.28. The lowest BCUT2D eigenvalue weighted by molar-refractivity contribution is 0.164. The van der Waals surface area contributed by atoms with Crippen molar-refractivity contribution < 1.29 is 0 Å². The lowest BCUT2D eigenvalue weighted by atomic mass is 9.86. The van der Waals surface area contributed by atoms with Crippen LogP contribution in [0, 0.1) is 5.92 Å². The lowest BCUT2D eigenvalue weighted by Gasteiger charge is -2.33. The summed E-state index contributed by atoms with van der Waals surface area (Å²) in [4.78, 5) is 2.46. The van der Waals surface area contributed by atoms with Gasteiger partial charge in [0.25, 0.3) is 0 Å². The molecule has 1 aliphatic rings. The van der Waals surface area contributed by atoms with Crippen LogP contribution < -0.4 is 0 Å². The predicted octanol–water partition coefficient (Wildman–Crippen LogP) is 5.11. The van der Waals surface area contributed by atoms with Gasteiger partial charge in [-0.25, -0.2) is 0 Å². The highest BCUT2D eigenvalue weighted by molar-refractivity contribution is 9.10. The molecule has 1 saturated carbocycles. The second kappa shape index (κ2) is 6.40. The smallest absolute Gasteiger partial charge is 0.0462 e. The van der Waals surface area contributed by atoms with Crippen molar-refractivity contribution in [1.82, 2.24) is 4.90 Å². The third kappa shape index (κ3) is 3.72. The van der Waals surface area contributed by atoms with Gasteiger partial charge >= 0.3 is 0 Å². The highest BCUT2D eigenvalue weighted by Gasteiger charge is 2.21. The van der Waals surface area contributed by atoms with Gasteiger partial charge in [0.2, 0.25) is 0 Å². The molecule has 0 amide bonds. The Morgan fingerprint density at radius 1 is 1.28 bits per heavy atom. The third-order valence-electron chi connectivity index (χ3n) is 4.04. The van der Waals surface area contributed by atoms with Gasteiger partial charge in [0.05, 0.1) is 0 Å². The largest absolute Gasteiger partial charge is 0.299 e. The predicted molar refractivity (Wildman–Crippen MR) is 82.0 cm³/mol. The van der Waals surface area contributed by atoms with Crippen LogP contribution in [0.15, 0.2) is 22.7 Å². The summed E-state index contributed by atoms with van der Waals surface area (Å²) < 4.78 is 1.05. The number of nitrogens with zero attached hydrogens (tertiary/aromatic N) is 1. The van der Waals surface area contributed by atoms with Gasteiger partial charge in [0, 0.05) is 22.1 Å². The molecule has 0 heterocycles. The summed E-state index contributed by atoms with van der Waals surface area (Å²) in [5, 5.41) is 0.861. The van der Waals surface area contributed by atoms with Gasteiger partial charge in [-0.3, -0.25) is 4.90 Å². The highest BCUT2D eigenvalue weighted by atomic mass is 79.9. The van der Waals surface area contributed by atoms with E-state index >= 15 is 0 Å². The Balaban J connectivity index is 1.96. The molecule has 0 spiro atoms. The average molecular weight is 331 g/mol. The number of rotatable bonds is 3. The van der Waals surface area contributed by atoms with E-state index in [1.165, 1.54) is 31.2 Å². The minimum atomic E-state index is 0.723. The molecule has 0 saturated heterocycles. The molecule has 0 radical (unpaired) electrons. The maximum Gasteiger partial charge on any atom is 0.0462 e. The topological polar surface area (TPSA) is 3.24 Å². The first kappa shape index (κ1) is 14.4. The van der Waals surface area contributed by atoms with Crippen molar-refractivity contribution in [3.8, 4) is 0 Å². The molecule has 1 fully saturated rings. The average Bonchev–Trinajstić information content (AvgIpc) is 2.33. The second-order valence-corrected chi connectivity index (χ2v) is 6.89. The molecule has 0 bridgehead atoms. The van der Waals surface area contributed by atoms with E-state index in [2.05, 4.69) is 46.9 Å². The zero-order valence-electron chi connectivity index (χ0n) is 11.1. The zero-order chi connectivity index (χ0) is 13.1. The molecule has 18 heavy (non-hydrogen) atoms. The molecule has 1 aromatic carbocycles. The van der Waals surface area contributed by atoms with Gasteiger partial charge in [0.15, 0.2) is 0 Å². The van der Waals surface area contributed by atoms with E-state index in [1.54, 1.807) is 0 Å². The van der Waals surface area contributed by atoms with Gasteiger partial charge in [-0.05, 0) is 56.3 Å². The summed E-state index contributed by atoms with van der Waals surface area (Å²) in [6.45, 7) is 3.31. The molecule has 100 valence electrons. The first-order valence-corrected chi connectivity index (χ1v) is 7.87. The molecule has 2 rings (SSSR count). The van der Waals surface area contributed by atoms with Crippen LogP contribution >= 0.6 is 27.5 Å². The van der Waals surface area contributed by atoms with E-state index in [-0.39, 0.29) is 0 Å². The molecule has 1 nitrogen and oxygen atoms in total. The quantitative estimate of drug-likeness (QED) is 0.744. The lowest BCUT2D eigenvalue weighted by Crippen LogP contribution is -2.34. The Morgan fingerprint density at radius 2 is 1.94 bits per heavy atom. The van der Waals surface area contributed by atoms with Crippen molar-refractivity contribution >= 4 is 27.5 Å². The summed E-state index contributed by atoms with van der Waals surface area (Å²) in [6.07, 6.45) is 5.38. The zero-order valence-corrected chi connectivity index (χ0v) is 13.5. The van der Waals surface area contributed by atoms with Crippen LogP contribution in [0.4, 0.5) is 0 Å². The first-order chi connectivity index (χ1) is 8.56. The minimum absolute atomic E-state index is 0.723. The Kier molecular flexibility index (Phi) is 5.11. The van der Waals surface area contributed by atoms with Crippen molar-refractivity contribution in [3.05, 3.63) is 33.3 Å². The van der Waals surface area contributed by atoms with Crippen LogP contribution in [-0.4, -0.2) is 18.0 Å². The number of hydrogen-bond donors (Lipinski definition) is 0. The Hall–Kier alpha value is -0.0500.